The lowest BCUT2D eigenvalue weighted by molar-refractivity contribution is -0.131. The van der Waals surface area contributed by atoms with Crippen molar-refractivity contribution < 1.29 is 19.4 Å². The van der Waals surface area contributed by atoms with Gasteiger partial charge in [-0.05, 0) is 82.7 Å². The van der Waals surface area contributed by atoms with E-state index in [0.29, 0.717) is 17.7 Å². The molecular weight excluding hydrogens is 400 g/mol. The molecule has 0 bridgehead atoms. The highest BCUT2D eigenvalue weighted by Crippen LogP contribution is 2.46. The second-order valence-corrected chi connectivity index (χ2v) is 9.65. The summed E-state index contributed by atoms with van der Waals surface area (Å²) in [5.74, 6) is -1.42. The zero-order chi connectivity index (χ0) is 23.5. The predicted molar refractivity (Wildman–Crippen MR) is 129 cm³/mol. The van der Waals surface area contributed by atoms with Gasteiger partial charge in [0, 0.05) is 6.08 Å². The van der Waals surface area contributed by atoms with Gasteiger partial charge in [0.2, 0.25) is 0 Å². The van der Waals surface area contributed by atoms with Crippen LogP contribution >= 0.6 is 0 Å². The van der Waals surface area contributed by atoms with Crippen LogP contribution in [0.3, 0.4) is 0 Å². The average Bonchev–Trinajstić information content (AvgIpc) is 2.74. The topological polar surface area (TPSA) is 63.6 Å². The van der Waals surface area contributed by atoms with Crippen LogP contribution in [0.2, 0.25) is 0 Å². The number of esters is 1. The summed E-state index contributed by atoms with van der Waals surface area (Å²) >= 11 is 0. The SMILES string of the molecule is CCOC(=O)c1cccc(/C(C=CC(=O)O)=C\c2ccc3c(c2)C(C)(C)CCC3(C)C)c1. The van der Waals surface area contributed by atoms with Crippen LogP contribution in [0, 0.1) is 0 Å². The smallest absolute Gasteiger partial charge is 0.338 e. The van der Waals surface area contributed by atoms with Gasteiger partial charge in [-0.25, -0.2) is 9.59 Å². The number of fused-ring (bicyclic) bond motifs is 1. The van der Waals surface area contributed by atoms with Gasteiger partial charge in [-0.2, -0.15) is 0 Å². The number of rotatable bonds is 6. The number of carboxylic acid groups (broad SMARTS) is 1. The molecule has 4 heteroatoms. The summed E-state index contributed by atoms with van der Waals surface area (Å²) < 4.78 is 5.11. The van der Waals surface area contributed by atoms with Gasteiger partial charge in [-0.3, -0.25) is 0 Å². The van der Waals surface area contributed by atoms with Crippen LogP contribution in [0.15, 0.2) is 54.6 Å². The highest BCUT2D eigenvalue weighted by Gasteiger charge is 2.36. The minimum absolute atomic E-state index is 0.0790. The van der Waals surface area contributed by atoms with E-state index >= 15 is 0 Å². The first-order chi connectivity index (χ1) is 15.0. The monoisotopic (exact) mass is 432 g/mol. The number of allylic oxidation sites excluding steroid dienone is 2. The van der Waals surface area contributed by atoms with Crippen molar-refractivity contribution in [1.29, 1.82) is 0 Å². The zero-order valence-electron chi connectivity index (χ0n) is 19.6. The molecule has 0 radical (unpaired) electrons. The molecule has 1 N–H and O–H groups in total. The van der Waals surface area contributed by atoms with Gasteiger partial charge in [-0.15, -0.1) is 0 Å². The van der Waals surface area contributed by atoms with Gasteiger partial charge in [0.15, 0.2) is 0 Å². The molecule has 0 heterocycles. The average molecular weight is 433 g/mol. The Bertz CT molecular complexity index is 1090. The Hall–Kier alpha value is -3.14. The Balaban J connectivity index is 2.10. The number of carboxylic acids is 1. The summed E-state index contributed by atoms with van der Waals surface area (Å²) in [5.41, 5.74) is 5.83. The van der Waals surface area contributed by atoms with E-state index in [1.807, 2.05) is 12.1 Å². The fourth-order valence-corrected chi connectivity index (χ4v) is 4.30. The molecular formula is C28H32O4. The van der Waals surface area contributed by atoms with E-state index in [1.54, 1.807) is 31.2 Å². The van der Waals surface area contributed by atoms with E-state index in [0.717, 1.165) is 30.0 Å². The van der Waals surface area contributed by atoms with Gasteiger partial charge in [0.05, 0.1) is 12.2 Å². The Morgan fingerprint density at radius 2 is 1.59 bits per heavy atom. The van der Waals surface area contributed by atoms with Crippen molar-refractivity contribution in [2.45, 2.75) is 58.3 Å². The lowest BCUT2D eigenvalue weighted by atomic mass is 9.63. The maximum Gasteiger partial charge on any atom is 0.338 e. The number of aliphatic carboxylic acids is 1. The van der Waals surface area contributed by atoms with Crippen molar-refractivity contribution in [1.82, 2.24) is 0 Å². The first-order valence-corrected chi connectivity index (χ1v) is 11.1. The first-order valence-electron chi connectivity index (χ1n) is 11.1. The summed E-state index contributed by atoms with van der Waals surface area (Å²) in [6, 6.07) is 13.6. The van der Waals surface area contributed by atoms with Crippen molar-refractivity contribution in [2.24, 2.45) is 0 Å². The van der Waals surface area contributed by atoms with Crippen molar-refractivity contribution >= 4 is 23.6 Å². The molecule has 1 aliphatic rings. The Morgan fingerprint density at radius 3 is 2.25 bits per heavy atom. The molecule has 3 rings (SSSR count). The molecule has 0 aromatic heterocycles. The molecule has 168 valence electrons. The summed E-state index contributed by atoms with van der Waals surface area (Å²) in [6.45, 7) is 11.2. The molecule has 4 nitrogen and oxygen atoms in total. The van der Waals surface area contributed by atoms with Crippen molar-refractivity contribution in [3.05, 3.63) is 82.4 Å². The van der Waals surface area contributed by atoms with Gasteiger partial charge >= 0.3 is 11.9 Å². The highest BCUT2D eigenvalue weighted by atomic mass is 16.5. The predicted octanol–water partition coefficient (Wildman–Crippen LogP) is 6.39. The summed E-state index contributed by atoms with van der Waals surface area (Å²) in [7, 11) is 0. The number of ether oxygens (including phenoxy) is 1. The number of benzene rings is 2. The van der Waals surface area contributed by atoms with E-state index in [4.69, 9.17) is 4.74 Å². The second kappa shape index (κ2) is 9.15. The van der Waals surface area contributed by atoms with Crippen LogP contribution in [-0.2, 0) is 20.4 Å². The molecule has 2 aromatic carbocycles. The van der Waals surface area contributed by atoms with Crippen LogP contribution in [0.4, 0.5) is 0 Å². The van der Waals surface area contributed by atoms with E-state index < -0.39 is 11.9 Å². The van der Waals surface area contributed by atoms with Crippen LogP contribution in [0.25, 0.3) is 11.6 Å². The quantitative estimate of drug-likeness (QED) is 0.248. The van der Waals surface area contributed by atoms with Gasteiger partial charge in [0.1, 0.15) is 0 Å². The Kier molecular flexibility index (Phi) is 6.73. The molecule has 0 spiro atoms. The normalized spacial score (nSPS) is 17.1. The number of hydrogen-bond donors (Lipinski definition) is 1. The van der Waals surface area contributed by atoms with Crippen molar-refractivity contribution in [2.75, 3.05) is 6.61 Å². The molecule has 0 saturated heterocycles. The molecule has 0 atom stereocenters. The summed E-state index contributed by atoms with van der Waals surface area (Å²) in [6.07, 6.45) is 6.93. The Morgan fingerprint density at radius 1 is 0.938 bits per heavy atom. The van der Waals surface area contributed by atoms with E-state index in [-0.39, 0.29) is 10.8 Å². The third-order valence-electron chi connectivity index (χ3n) is 6.31. The highest BCUT2D eigenvalue weighted by molar-refractivity contribution is 5.95. The minimum Gasteiger partial charge on any atom is -0.478 e. The van der Waals surface area contributed by atoms with Crippen molar-refractivity contribution in [3.63, 3.8) is 0 Å². The van der Waals surface area contributed by atoms with Crippen LogP contribution in [-0.4, -0.2) is 23.7 Å². The standard InChI is InChI=1S/C28H32O4/c1-6-32-26(31)22-9-7-8-20(18-22)21(11-13-25(29)30)16-19-10-12-23-24(17-19)28(4,5)15-14-27(23,2)3/h7-13,16-18H,6,14-15H2,1-5H3,(H,29,30)/b13-11?,21-16-. The van der Waals surface area contributed by atoms with Gasteiger partial charge in [0.25, 0.3) is 0 Å². The summed E-state index contributed by atoms with van der Waals surface area (Å²) in [5, 5.41) is 9.18. The van der Waals surface area contributed by atoms with Crippen molar-refractivity contribution in [3.8, 4) is 0 Å². The maximum absolute atomic E-state index is 12.2. The molecule has 32 heavy (non-hydrogen) atoms. The largest absolute Gasteiger partial charge is 0.478 e. The number of carbonyl (C=O) groups is 2. The lowest BCUT2D eigenvalue weighted by Gasteiger charge is -2.42. The van der Waals surface area contributed by atoms with Gasteiger partial charge in [-0.1, -0.05) is 58.0 Å². The molecule has 1 aliphatic carbocycles. The maximum atomic E-state index is 12.2. The van der Waals surface area contributed by atoms with Crippen LogP contribution in [0.5, 0.6) is 0 Å². The van der Waals surface area contributed by atoms with Gasteiger partial charge < -0.3 is 9.84 Å². The number of carbonyl (C=O) groups excluding carboxylic acids is 1. The number of hydrogen-bond acceptors (Lipinski definition) is 3. The van der Waals surface area contributed by atoms with Crippen LogP contribution in [0.1, 0.15) is 80.1 Å². The van der Waals surface area contributed by atoms with Crippen LogP contribution < -0.4 is 0 Å². The zero-order valence-corrected chi connectivity index (χ0v) is 19.6. The third-order valence-corrected chi connectivity index (χ3v) is 6.31. The fraction of sp³-hybridized carbons (Fsp3) is 0.357. The molecule has 0 saturated carbocycles. The molecule has 0 unspecified atom stereocenters. The van der Waals surface area contributed by atoms with E-state index in [9.17, 15) is 14.7 Å². The minimum atomic E-state index is -1.02. The van der Waals surface area contributed by atoms with E-state index in [1.165, 1.54) is 11.1 Å². The lowest BCUT2D eigenvalue weighted by Crippen LogP contribution is -2.33. The first kappa shape index (κ1) is 23.5. The molecule has 0 aliphatic heterocycles. The molecule has 2 aromatic rings. The summed E-state index contributed by atoms with van der Waals surface area (Å²) in [4.78, 5) is 23.4. The molecule has 0 fully saturated rings. The molecule has 0 amide bonds. The second-order valence-electron chi connectivity index (χ2n) is 9.65. The third kappa shape index (κ3) is 5.18. The fourth-order valence-electron chi connectivity index (χ4n) is 4.30. The van der Waals surface area contributed by atoms with E-state index in [2.05, 4.69) is 45.9 Å². The Labute approximate surface area is 190 Å².